The Balaban J connectivity index is -0.000000360. The van der Waals surface area contributed by atoms with Crippen LogP contribution in [0, 0.1) is 0 Å². The van der Waals surface area contributed by atoms with Crippen LogP contribution in [0.15, 0.2) is 0 Å². The van der Waals surface area contributed by atoms with Crippen LogP contribution in [0.2, 0.25) is 0 Å². The molecule has 0 amide bonds. The third-order valence-corrected chi connectivity index (χ3v) is 1.11. The standard InChI is InChI=1S/B4O7.FH.3Li/c5-1-7-3-9-2(6)10-4(8-1)11-3;;;;/h;1H;;;/q-2;;3*+1/p-1. The summed E-state index contributed by atoms with van der Waals surface area (Å²) in [6.07, 6.45) is 0. The van der Waals surface area contributed by atoms with Crippen molar-refractivity contribution in [2.45, 2.75) is 0 Å². The van der Waals surface area contributed by atoms with Crippen LogP contribution in [0.5, 0.6) is 0 Å². The molecule has 0 atom stereocenters. The number of halogens is 1. The van der Waals surface area contributed by atoms with Gasteiger partial charge in [-0.25, -0.2) is 0 Å². The van der Waals surface area contributed by atoms with Gasteiger partial charge in [0, 0.05) is 0 Å². The van der Waals surface area contributed by atoms with Crippen LogP contribution >= 0.6 is 0 Å². The smallest absolute Gasteiger partial charge is 1.00 e. The second-order valence-electron chi connectivity index (χ2n) is 1.84. The summed E-state index contributed by atoms with van der Waals surface area (Å²) in [6, 6.07) is 0. The van der Waals surface area contributed by atoms with Gasteiger partial charge in [0.05, 0.1) is 0 Å². The van der Waals surface area contributed by atoms with Crippen LogP contribution in [-0.2, 0) is 22.9 Å². The third kappa shape index (κ3) is 6.26. The second kappa shape index (κ2) is 9.70. The number of hydrogen-bond donors (Lipinski definition) is 0. The molecule has 2 heterocycles. The minimum atomic E-state index is -1.73. The van der Waals surface area contributed by atoms with Crippen molar-refractivity contribution < 1.29 is 94.2 Å². The summed E-state index contributed by atoms with van der Waals surface area (Å²) in [4.78, 5) is 0. The number of rotatable bonds is 0. The van der Waals surface area contributed by atoms with E-state index < -0.39 is 29.3 Å². The van der Waals surface area contributed by atoms with E-state index in [0.717, 1.165) is 0 Å². The van der Waals surface area contributed by atoms with Gasteiger partial charge in [-0.1, -0.05) is 0 Å². The van der Waals surface area contributed by atoms with Crippen molar-refractivity contribution in [2.75, 3.05) is 0 Å². The Labute approximate surface area is 123 Å². The summed E-state index contributed by atoms with van der Waals surface area (Å²) in [5, 5.41) is 21.0. The van der Waals surface area contributed by atoms with E-state index in [1.54, 1.807) is 0 Å². The molecule has 2 fully saturated rings. The van der Waals surface area contributed by atoms with Gasteiger partial charge in [0.1, 0.15) is 0 Å². The summed E-state index contributed by atoms with van der Waals surface area (Å²) in [6.45, 7) is 0. The maximum absolute atomic E-state index is 10.5. The SMILES string of the molecule is [F-].[Li+].[Li+].[Li+].[O-]B1OB2OB([O-])OB(O1)O2. The molecule has 15 heavy (non-hydrogen) atoms. The van der Waals surface area contributed by atoms with Gasteiger partial charge in [0.25, 0.3) is 0 Å². The Kier molecular flexibility index (Phi) is 14.2. The Morgan fingerprint density at radius 2 is 0.867 bits per heavy atom. The van der Waals surface area contributed by atoms with Gasteiger partial charge in [-0.3, -0.25) is 0 Å². The van der Waals surface area contributed by atoms with E-state index in [-0.39, 0.29) is 61.3 Å². The Hall–Kier alpha value is 1.70. The van der Waals surface area contributed by atoms with Crippen LogP contribution in [0.4, 0.5) is 0 Å². The molecule has 0 N–H and O–H groups in total. The molecule has 7 nitrogen and oxygen atoms in total. The average molecular weight is 195 g/mol. The minimum absolute atomic E-state index is 0. The fourth-order valence-electron chi connectivity index (χ4n) is 0.710. The fourth-order valence-corrected chi connectivity index (χ4v) is 0.710. The molecule has 0 spiro atoms. The molecule has 0 aromatic heterocycles. The molecular formula is B4FLi3O7. The summed E-state index contributed by atoms with van der Waals surface area (Å²) in [5.74, 6) is 0. The van der Waals surface area contributed by atoms with Gasteiger partial charge in [0.2, 0.25) is 0 Å². The molecule has 0 aromatic rings. The van der Waals surface area contributed by atoms with Gasteiger partial charge < -0.3 is 37.6 Å². The van der Waals surface area contributed by atoms with Crippen molar-refractivity contribution in [1.29, 1.82) is 0 Å². The maximum Gasteiger partial charge on any atom is 1.00 e. The molecule has 0 unspecified atom stereocenters. The topological polar surface area (TPSA) is 92.3 Å². The van der Waals surface area contributed by atoms with E-state index >= 15 is 0 Å². The Morgan fingerprint density at radius 1 is 0.600 bits per heavy atom. The Bertz CT molecular complexity index is 132. The predicted octanol–water partition coefficient (Wildman–Crippen LogP) is -16.2. The number of hydrogen-bond acceptors (Lipinski definition) is 7. The molecule has 2 aliphatic heterocycles. The second-order valence-corrected chi connectivity index (χ2v) is 1.84. The van der Waals surface area contributed by atoms with Crippen LogP contribution < -0.4 is 71.3 Å². The quantitative estimate of drug-likeness (QED) is 0.354. The molecule has 0 saturated carbocycles. The molecule has 2 rings (SSSR count). The van der Waals surface area contributed by atoms with Crippen LogP contribution in [0.1, 0.15) is 0 Å². The van der Waals surface area contributed by atoms with Gasteiger partial charge in [0.15, 0.2) is 0 Å². The van der Waals surface area contributed by atoms with E-state index in [4.69, 9.17) is 0 Å². The minimum Gasteiger partial charge on any atom is -1.00 e. The molecule has 2 saturated heterocycles. The molecule has 2 aliphatic rings. The van der Waals surface area contributed by atoms with Crippen molar-refractivity contribution in [3.05, 3.63) is 0 Å². The van der Waals surface area contributed by atoms with E-state index in [0.29, 0.717) is 0 Å². The third-order valence-electron chi connectivity index (χ3n) is 1.11. The average Bonchev–Trinajstić information content (AvgIpc) is 1.82. The zero-order chi connectivity index (χ0) is 7.84. The molecule has 2 bridgehead atoms. The summed E-state index contributed by atoms with van der Waals surface area (Å²) < 4.78 is 21.9. The van der Waals surface area contributed by atoms with Crippen LogP contribution in [0.25, 0.3) is 0 Å². The number of fused-ring (bicyclic) bond motifs is 2. The zero-order valence-corrected chi connectivity index (χ0v) is 8.55. The largest absolute Gasteiger partial charge is 1.00 e. The summed E-state index contributed by atoms with van der Waals surface area (Å²) in [7, 11) is -6.00. The van der Waals surface area contributed by atoms with E-state index in [9.17, 15) is 10.0 Å². The van der Waals surface area contributed by atoms with Crippen molar-refractivity contribution in [2.24, 2.45) is 0 Å². The van der Waals surface area contributed by atoms with E-state index in [1.165, 1.54) is 0 Å². The molecule has 0 aromatic carbocycles. The van der Waals surface area contributed by atoms with Crippen molar-refractivity contribution in [1.82, 2.24) is 0 Å². The molecule has 0 radical (unpaired) electrons. The molecular weight excluding hydrogens is 195 g/mol. The summed E-state index contributed by atoms with van der Waals surface area (Å²) >= 11 is 0. The first-order chi connectivity index (χ1) is 5.24. The first-order valence-electron chi connectivity index (χ1n) is 2.83. The van der Waals surface area contributed by atoms with Gasteiger partial charge in [-0.05, 0) is 0 Å². The van der Waals surface area contributed by atoms with Crippen molar-refractivity contribution >= 4 is 29.3 Å². The normalized spacial score (nSPS) is 18.0. The van der Waals surface area contributed by atoms with Crippen molar-refractivity contribution in [3.63, 3.8) is 0 Å². The van der Waals surface area contributed by atoms with Gasteiger partial charge in [-0.2, -0.15) is 0 Å². The van der Waals surface area contributed by atoms with E-state index in [2.05, 4.69) is 22.9 Å². The van der Waals surface area contributed by atoms with Crippen molar-refractivity contribution in [3.8, 4) is 0 Å². The molecule has 15 heteroatoms. The molecule has 0 aliphatic carbocycles. The molecule has 64 valence electrons. The zero-order valence-electron chi connectivity index (χ0n) is 8.55. The first-order valence-corrected chi connectivity index (χ1v) is 2.83. The Morgan fingerprint density at radius 3 is 1.13 bits per heavy atom. The monoisotopic (exact) mass is 196 g/mol. The van der Waals surface area contributed by atoms with Crippen LogP contribution in [0.3, 0.4) is 0 Å². The van der Waals surface area contributed by atoms with E-state index in [1.807, 2.05) is 0 Å². The first kappa shape index (κ1) is 21.9. The van der Waals surface area contributed by atoms with Gasteiger partial charge >= 0.3 is 85.9 Å². The maximum atomic E-state index is 10.5. The fraction of sp³-hybridized carbons (Fsp3) is 0. The summed E-state index contributed by atoms with van der Waals surface area (Å²) in [5.41, 5.74) is 0. The predicted molar refractivity (Wildman–Crippen MR) is 28.4 cm³/mol. The van der Waals surface area contributed by atoms with Gasteiger partial charge in [-0.15, -0.1) is 0 Å². The van der Waals surface area contributed by atoms with Crippen LogP contribution in [-0.4, -0.2) is 29.3 Å².